The summed E-state index contributed by atoms with van der Waals surface area (Å²) in [6.07, 6.45) is 2.82. The quantitative estimate of drug-likeness (QED) is 0.513. The second-order valence-electron chi connectivity index (χ2n) is 6.66. The molecule has 0 saturated heterocycles. The van der Waals surface area contributed by atoms with Gasteiger partial charge in [0.1, 0.15) is 5.69 Å². The first kappa shape index (κ1) is 18.9. The van der Waals surface area contributed by atoms with E-state index in [0.29, 0.717) is 29.6 Å². The molecule has 146 valence electrons. The Bertz CT molecular complexity index is 1200. The number of nitrogens with one attached hydrogen (secondary N) is 2. The summed E-state index contributed by atoms with van der Waals surface area (Å²) < 4.78 is 48.7. The molecule has 1 aliphatic rings. The number of rotatable bonds is 6. The number of halogens is 2. The lowest BCUT2D eigenvalue weighted by atomic mass is 10.1. The standard InChI is InChI=1S/C19H17BrFN3O3S/c1-3-11-8-12(20)4-7-15(11)22-18-16(24-28(25,26)13-5-6-13)9-14-10(2)23-27-19(14)17(18)21/h3-4,7-9,13,22,24H,1,5-6H2,2H3. The van der Waals surface area contributed by atoms with Gasteiger partial charge in [-0.05, 0) is 49.6 Å². The zero-order valence-corrected chi connectivity index (χ0v) is 17.3. The summed E-state index contributed by atoms with van der Waals surface area (Å²) >= 11 is 3.38. The molecule has 6 nitrogen and oxygen atoms in total. The van der Waals surface area contributed by atoms with Crippen molar-refractivity contribution in [3.63, 3.8) is 0 Å². The lowest BCUT2D eigenvalue weighted by molar-refractivity contribution is 0.436. The van der Waals surface area contributed by atoms with E-state index in [9.17, 15) is 8.42 Å². The molecule has 2 N–H and O–H groups in total. The topological polar surface area (TPSA) is 84.2 Å². The van der Waals surface area contributed by atoms with Crippen LogP contribution in [0.25, 0.3) is 17.0 Å². The molecule has 0 bridgehead atoms. The summed E-state index contributed by atoms with van der Waals surface area (Å²) in [5.74, 6) is -0.718. The first-order valence-electron chi connectivity index (χ1n) is 8.59. The lowest BCUT2D eigenvalue weighted by Crippen LogP contribution is -2.18. The van der Waals surface area contributed by atoms with Crippen molar-refractivity contribution in [1.82, 2.24) is 5.16 Å². The van der Waals surface area contributed by atoms with Gasteiger partial charge in [-0.15, -0.1) is 0 Å². The summed E-state index contributed by atoms with van der Waals surface area (Å²) in [5.41, 5.74) is 1.81. The van der Waals surface area contributed by atoms with Crippen molar-refractivity contribution in [3.8, 4) is 0 Å². The second kappa shape index (κ2) is 6.89. The van der Waals surface area contributed by atoms with E-state index in [4.69, 9.17) is 4.52 Å². The van der Waals surface area contributed by atoms with Crippen LogP contribution >= 0.6 is 15.9 Å². The molecular weight excluding hydrogens is 449 g/mol. The Morgan fingerprint density at radius 1 is 1.32 bits per heavy atom. The van der Waals surface area contributed by atoms with Crippen LogP contribution in [0, 0.1) is 12.7 Å². The molecule has 1 fully saturated rings. The summed E-state index contributed by atoms with van der Waals surface area (Å²) in [6.45, 7) is 5.44. The van der Waals surface area contributed by atoms with Gasteiger partial charge in [-0.2, -0.15) is 0 Å². The third-order valence-corrected chi connectivity index (χ3v) is 6.94. The molecule has 9 heteroatoms. The first-order chi connectivity index (χ1) is 13.3. The van der Waals surface area contributed by atoms with Crippen LogP contribution in [0.4, 0.5) is 21.5 Å². The largest absolute Gasteiger partial charge is 0.353 e. The molecule has 0 radical (unpaired) electrons. The molecule has 1 heterocycles. The van der Waals surface area contributed by atoms with Crippen molar-refractivity contribution < 1.29 is 17.3 Å². The summed E-state index contributed by atoms with van der Waals surface area (Å²) in [5, 5.41) is 6.75. The van der Waals surface area contributed by atoms with Crippen molar-refractivity contribution in [2.75, 3.05) is 10.0 Å². The number of aryl methyl sites for hydroxylation is 1. The number of hydrogen-bond donors (Lipinski definition) is 2. The van der Waals surface area contributed by atoms with E-state index < -0.39 is 21.1 Å². The van der Waals surface area contributed by atoms with Crippen LogP contribution in [0.5, 0.6) is 0 Å². The number of aromatic nitrogens is 1. The minimum atomic E-state index is -3.59. The average Bonchev–Trinajstić information content (AvgIpc) is 3.45. The van der Waals surface area contributed by atoms with Gasteiger partial charge in [-0.1, -0.05) is 33.7 Å². The summed E-state index contributed by atoms with van der Waals surface area (Å²) in [7, 11) is -3.59. The maximum atomic E-state index is 15.3. The van der Waals surface area contributed by atoms with Crippen LogP contribution in [0.15, 0.2) is 39.8 Å². The van der Waals surface area contributed by atoms with Crippen LogP contribution in [-0.2, 0) is 10.0 Å². The minimum Gasteiger partial charge on any atom is -0.353 e. The van der Waals surface area contributed by atoms with Gasteiger partial charge < -0.3 is 9.84 Å². The average molecular weight is 466 g/mol. The van der Waals surface area contributed by atoms with E-state index >= 15 is 4.39 Å². The van der Waals surface area contributed by atoms with Crippen molar-refractivity contribution in [2.45, 2.75) is 25.0 Å². The molecule has 2 aromatic carbocycles. The molecule has 0 spiro atoms. The smallest absolute Gasteiger partial charge is 0.235 e. The Kier molecular flexibility index (Phi) is 4.67. The van der Waals surface area contributed by atoms with Gasteiger partial charge in [0.05, 0.1) is 16.6 Å². The van der Waals surface area contributed by atoms with E-state index in [1.807, 2.05) is 6.07 Å². The number of anilines is 3. The molecule has 0 amide bonds. The van der Waals surface area contributed by atoms with Crippen LogP contribution in [-0.4, -0.2) is 18.8 Å². The third-order valence-electron chi connectivity index (χ3n) is 4.59. The highest BCUT2D eigenvalue weighted by Crippen LogP contribution is 2.39. The summed E-state index contributed by atoms with van der Waals surface area (Å²) in [4.78, 5) is 0. The monoisotopic (exact) mass is 465 g/mol. The van der Waals surface area contributed by atoms with Crippen molar-refractivity contribution >= 4 is 60.1 Å². The highest BCUT2D eigenvalue weighted by Gasteiger charge is 2.36. The van der Waals surface area contributed by atoms with Gasteiger partial charge in [-0.25, -0.2) is 12.8 Å². The Morgan fingerprint density at radius 3 is 2.75 bits per heavy atom. The SMILES string of the molecule is C=Cc1cc(Br)ccc1Nc1c(NS(=O)(=O)C2CC2)cc2c(C)noc2c1F. The van der Waals surface area contributed by atoms with Gasteiger partial charge in [0.2, 0.25) is 15.6 Å². The van der Waals surface area contributed by atoms with Gasteiger partial charge in [0, 0.05) is 15.5 Å². The Balaban J connectivity index is 1.87. The predicted molar refractivity (Wildman–Crippen MR) is 112 cm³/mol. The molecular formula is C19H17BrFN3O3S. The van der Waals surface area contributed by atoms with Gasteiger partial charge in [0.25, 0.3) is 0 Å². The van der Waals surface area contributed by atoms with Crippen LogP contribution in [0.2, 0.25) is 0 Å². The first-order valence-corrected chi connectivity index (χ1v) is 10.9. The highest BCUT2D eigenvalue weighted by molar-refractivity contribution is 9.10. The number of sulfonamides is 1. The van der Waals surface area contributed by atoms with Gasteiger partial charge >= 0.3 is 0 Å². The predicted octanol–water partition coefficient (Wildman–Crippen LogP) is 5.33. The van der Waals surface area contributed by atoms with E-state index in [0.717, 1.165) is 10.0 Å². The van der Waals surface area contributed by atoms with Crippen molar-refractivity contribution in [3.05, 3.63) is 52.4 Å². The lowest BCUT2D eigenvalue weighted by Gasteiger charge is -2.17. The fourth-order valence-electron chi connectivity index (χ4n) is 2.92. The zero-order chi connectivity index (χ0) is 20.1. The van der Waals surface area contributed by atoms with E-state index in [2.05, 4.69) is 37.7 Å². The molecule has 0 aliphatic heterocycles. The third kappa shape index (κ3) is 3.40. The molecule has 4 rings (SSSR count). The van der Waals surface area contributed by atoms with E-state index in [1.165, 1.54) is 0 Å². The van der Waals surface area contributed by atoms with Crippen molar-refractivity contribution in [1.29, 1.82) is 0 Å². The minimum absolute atomic E-state index is 0.0294. The molecule has 1 aromatic heterocycles. The molecule has 28 heavy (non-hydrogen) atoms. The van der Waals surface area contributed by atoms with Crippen LogP contribution in [0.1, 0.15) is 24.1 Å². The number of fused-ring (bicyclic) bond motifs is 1. The normalized spacial score (nSPS) is 14.2. The maximum absolute atomic E-state index is 15.3. The molecule has 1 saturated carbocycles. The fraction of sp³-hybridized carbons (Fsp3) is 0.211. The maximum Gasteiger partial charge on any atom is 0.235 e. The second-order valence-corrected chi connectivity index (χ2v) is 9.54. The van der Waals surface area contributed by atoms with E-state index in [1.54, 1.807) is 31.2 Å². The zero-order valence-electron chi connectivity index (χ0n) is 14.9. The fourth-order valence-corrected chi connectivity index (χ4v) is 4.69. The van der Waals surface area contributed by atoms with Gasteiger partial charge in [-0.3, -0.25) is 4.72 Å². The Hall–Kier alpha value is -2.39. The number of hydrogen-bond acceptors (Lipinski definition) is 5. The summed E-state index contributed by atoms with van der Waals surface area (Å²) in [6, 6.07) is 6.89. The van der Waals surface area contributed by atoms with E-state index in [-0.39, 0.29) is 17.0 Å². The van der Waals surface area contributed by atoms with Crippen molar-refractivity contribution in [2.24, 2.45) is 0 Å². The molecule has 1 aliphatic carbocycles. The molecule has 0 unspecified atom stereocenters. The molecule has 3 aromatic rings. The Labute approximate surface area is 170 Å². The Morgan fingerprint density at radius 2 is 2.07 bits per heavy atom. The van der Waals surface area contributed by atoms with Gasteiger partial charge in [0.15, 0.2) is 5.82 Å². The van der Waals surface area contributed by atoms with Crippen LogP contribution < -0.4 is 10.0 Å². The number of nitrogens with zero attached hydrogens (tertiary/aromatic N) is 1. The molecule has 0 atom stereocenters. The number of benzene rings is 2. The highest BCUT2D eigenvalue weighted by atomic mass is 79.9. The van der Waals surface area contributed by atoms with Crippen LogP contribution in [0.3, 0.4) is 0 Å².